The molecule has 1 aromatic heterocycles. The number of nitrogens with zero attached hydrogens (tertiary/aromatic N) is 3. The number of rotatable bonds is 4. The number of piperidine rings is 1. The summed E-state index contributed by atoms with van der Waals surface area (Å²) in [6.45, 7) is 4.65. The molecule has 1 aromatic rings. The number of amides is 2. The molecule has 126 valence electrons. The Bertz CT molecular complexity index is 509. The second-order valence-corrected chi connectivity index (χ2v) is 6.71. The molecule has 0 unspecified atom stereocenters. The van der Waals surface area contributed by atoms with E-state index in [4.69, 9.17) is 0 Å². The Kier molecular flexibility index (Phi) is 5.13. The molecule has 2 saturated heterocycles. The standard InChI is InChI=1S/C17H26N4O2/c22-16(19-13-15-4-3-7-18-12-15)21-10-5-17(23,6-11-21)14-20-8-1-2-9-20/h3-4,7,12,23H,1-2,5-6,8-11,13-14H2,(H,19,22). The van der Waals surface area contributed by atoms with Gasteiger partial charge in [-0.2, -0.15) is 0 Å². The SMILES string of the molecule is O=C(NCc1cccnc1)N1CCC(O)(CN2CCCC2)CC1. The fourth-order valence-electron chi connectivity index (χ4n) is 3.43. The molecule has 0 spiro atoms. The van der Waals surface area contributed by atoms with E-state index in [-0.39, 0.29) is 6.03 Å². The van der Waals surface area contributed by atoms with Gasteiger partial charge in [-0.25, -0.2) is 4.79 Å². The van der Waals surface area contributed by atoms with Gasteiger partial charge in [-0.3, -0.25) is 4.98 Å². The summed E-state index contributed by atoms with van der Waals surface area (Å²) in [5.74, 6) is 0. The Morgan fingerprint density at radius 2 is 2.00 bits per heavy atom. The van der Waals surface area contributed by atoms with Crippen molar-refractivity contribution in [3.05, 3.63) is 30.1 Å². The predicted molar refractivity (Wildman–Crippen MR) is 87.9 cm³/mol. The Morgan fingerprint density at radius 1 is 1.26 bits per heavy atom. The van der Waals surface area contributed by atoms with E-state index < -0.39 is 5.60 Å². The van der Waals surface area contributed by atoms with E-state index in [0.29, 0.717) is 32.5 Å². The molecule has 2 amide bonds. The van der Waals surface area contributed by atoms with E-state index in [1.165, 1.54) is 12.8 Å². The van der Waals surface area contributed by atoms with Gasteiger partial charge in [0.15, 0.2) is 0 Å². The van der Waals surface area contributed by atoms with Crippen molar-refractivity contribution in [1.29, 1.82) is 0 Å². The minimum absolute atomic E-state index is 0.0583. The molecule has 3 heterocycles. The summed E-state index contributed by atoms with van der Waals surface area (Å²) in [5, 5.41) is 13.7. The van der Waals surface area contributed by atoms with Gasteiger partial charge < -0.3 is 20.2 Å². The minimum atomic E-state index is -0.634. The Balaban J connectivity index is 1.43. The third kappa shape index (κ3) is 4.42. The first-order chi connectivity index (χ1) is 11.1. The first-order valence-electron chi connectivity index (χ1n) is 8.51. The van der Waals surface area contributed by atoms with Gasteiger partial charge in [-0.15, -0.1) is 0 Å². The number of aromatic nitrogens is 1. The van der Waals surface area contributed by atoms with Crippen LogP contribution < -0.4 is 5.32 Å². The maximum atomic E-state index is 12.2. The van der Waals surface area contributed by atoms with Gasteiger partial charge in [0.2, 0.25) is 0 Å². The summed E-state index contributed by atoms with van der Waals surface area (Å²) in [4.78, 5) is 20.4. The molecular weight excluding hydrogens is 292 g/mol. The quantitative estimate of drug-likeness (QED) is 0.876. The van der Waals surface area contributed by atoms with Crippen LogP contribution in [-0.2, 0) is 6.54 Å². The second kappa shape index (κ2) is 7.27. The van der Waals surface area contributed by atoms with E-state index in [1.807, 2.05) is 12.1 Å². The third-order valence-electron chi connectivity index (χ3n) is 4.86. The van der Waals surface area contributed by atoms with Gasteiger partial charge in [0.1, 0.15) is 0 Å². The van der Waals surface area contributed by atoms with E-state index in [0.717, 1.165) is 25.2 Å². The first-order valence-corrected chi connectivity index (χ1v) is 8.51. The number of carbonyl (C=O) groups is 1. The summed E-state index contributed by atoms with van der Waals surface area (Å²) in [7, 11) is 0. The summed E-state index contributed by atoms with van der Waals surface area (Å²) in [6, 6.07) is 3.75. The Labute approximate surface area is 137 Å². The maximum absolute atomic E-state index is 12.2. The lowest BCUT2D eigenvalue weighted by Crippen LogP contribution is -2.53. The van der Waals surface area contributed by atoms with Crippen LogP contribution in [0.25, 0.3) is 0 Å². The average molecular weight is 318 g/mol. The van der Waals surface area contributed by atoms with Gasteiger partial charge in [0, 0.05) is 38.6 Å². The van der Waals surface area contributed by atoms with Crippen LogP contribution in [0.1, 0.15) is 31.2 Å². The highest BCUT2D eigenvalue weighted by molar-refractivity contribution is 5.74. The molecule has 0 saturated carbocycles. The number of carbonyl (C=O) groups excluding carboxylic acids is 1. The van der Waals surface area contributed by atoms with Crippen molar-refractivity contribution in [2.45, 2.75) is 37.8 Å². The predicted octanol–water partition coefficient (Wildman–Crippen LogP) is 1.21. The normalized spacial score (nSPS) is 21.3. The highest BCUT2D eigenvalue weighted by atomic mass is 16.3. The number of nitrogens with one attached hydrogen (secondary N) is 1. The maximum Gasteiger partial charge on any atom is 0.317 e. The highest BCUT2D eigenvalue weighted by Gasteiger charge is 2.35. The molecule has 0 radical (unpaired) electrons. The van der Waals surface area contributed by atoms with Crippen LogP contribution in [0.3, 0.4) is 0 Å². The summed E-state index contributed by atoms with van der Waals surface area (Å²) in [5.41, 5.74) is 0.355. The zero-order chi connectivity index (χ0) is 16.1. The minimum Gasteiger partial charge on any atom is -0.388 e. The number of pyridine rings is 1. The third-order valence-corrected chi connectivity index (χ3v) is 4.86. The zero-order valence-electron chi connectivity index (χ0n) is 13.6. The molecule has 23 heavy (non-hydrogen) atoms. The molecule has 0 bridgehead atoms. The Hall–Kier alpha value is -1.66. The fourth-order valence-corrected chi connectivity index (χ4v) is 3.43. The van der Waals surface area contributed by atoms with Crippen LogP contribution >= 0.6 is 0 Å². The monoisotopic (exact) mass is 318 g/mol. The van der Waals surface area contributed by atoms with Crippen molar-refractivity contribution in [3.63, 3.8) is 0 Å². The molecule has 0 atom stereocenters. The Morgan fingerprint density at radius 3 is 2.65 bits per heavy atom. The molecule has 2 aliphatic rings. The smallest absolute Gasteiger partial charge is 0.317 e. The lowest BCUT2D eigenvalue weighted by Gasteiger charge is -2.40. The van der Waals surface area contributed by atoms with Crippen LogP contribution in [0.4, 0.5) is 4.79 Å². The van der Waals surface area contributed by atoms with Gasteiger partial charge in [0.25, 0.3) is 0 Å². The van der Waals surface area contributed by atoms with Crippen molar-refractivity contribution in [3.8, 4) is 0 Å². The molecule has 2 fully saturated rings. The molecule has 2 aliphatic heterocycles. The van der Waals surface area contributed by atoms with Crippen LogP contribution in [0.5, 0.6) is 0 Å². The number of urea groups is 1. The number of hydrogen-bond donors (Lipinski definition) is 2. The van der Waals surface area contributed by atoms with Crippen molar-refractivity contribution >= 4 is 6.03 Å². The lowest BCUT2D eigenvalue weighted by atomic mass is 9.91. The van der Waals surface area contributed by atoms with Gasteiger partial charge in [0.05, 0.1) is 5.60 Å². The number of likely N-dealkylation sites (tertiary alicyclic amines) is 2. The van der Waals surface area contributed by atoms with E-state index in [1.54, 1.807) is 17.3 Å². The fraction of sp³-hybridized carbons (Fsp3) is 0.647. The molecular formula is C17H26N4O2. The van der Waals surface area contributed by atoms with E-state index >= 15 is 0 Å². The summed E-state index contributed by atoms with van der Waals surface area (Å²) >= 11 is 0. The number of β-amino-alcohol motifs (C(OH)–C–C–N with tert-alkyl or cyclic N) is 1. The van der Waals surface area contributed by atoms with E-state index in [9.17, 15) is 9.90 Å². The summed E-state index contributed by atoms with van der Waals surface area (Å²) in [6.07, 6.45) is 7.26. The molecule has 3 rings (SSSR count). The van der Waals surface area contributed by atoms with Gasteiger partial charge in [-0.05, 0) is 50.4 Å². The number of hydrogen-bond acceptors (Lipinski definition) is 4. The van der Waals surface area contributed by atoms with Crippen LogP contribution in [-0.4, -0.2) is 64.2 Å². The summed E-state index contributed by atoms with van der Waals surface area (Å²) < 4.78 is 0. The second-order valence-electron chi connectivity index (χ2n) is 6.71. The van der Waals surface area contributed by atoms with Crippen molar-refractivity contribution in [1.82, 2.24) is 20.1 Å². The zero-order valence-corrected chi connectivity index (χ0v) is 13.6. The topological polar surface area (TPSA) is 68.7 Å². The van der Waals surface area contributed by atoms with Gasteiger partial charge in [-0.1, -0.05) is 6.07 Å². The first kappa shape index (κ1) is 16.2. The molecule has 0 aromatic carbocycles. The van der Waals surface area contributed by atoms with Crippen molar-refractivity contribution < 1.29 is 9.90 Å². The largest absolute Gasteiger partial charge is 0.388 e. The van der Waals surface area contributed by atoms with Crippen molar-refractivity contribution in [2.75, 3.05) is 32.7 Å². The van der Waals surface area contributed by atoms with Gasteiger partial charge >= 0.3 is 6.03 Å². The molecule has 2 N–H and O–H groups in total. The van der Waals surface area contributed by atoms with Crippen LogP contribution in [0, 0.1) is 0 Å². The number of aliphatic hydroxyl groups is 1. The molecule has 0 aliphatic carbocycles. The highest BCUT2D eigenvalue weighted by Crippen LogP contribution is 2.25. The van der Waals surface area contributed by atoms with E-state index in [2.05, 4.69) is 15.2 Å². The molecule has 6 heteroatoms. The average Bonchev–Trinajstić information content (AvgIpc) is 3.06. The lowest BCUT2D eigenvalue weighted by molar-refractivity contribution is -0.0339. The van der Waals surface area contributed by atoms with Crippen molar-refractivity contribution in [2.24, 2.45) is 0 Å². The molecule has 6 nitrogen and oxygen atoms in total. The van der Waals surface area contributed by atoms with Crippen LogP contribution in [0.15, 0.2) is 24.5 Å². The van der Waals surface area contributed by atoms with Crippen LogP contribution in [0.2, 0.25) is 0 Å².